The minimum Gasteiger partial charge on any atom is -0.352 e. The van der Waals surface area contributed by atoms with Gasteiger partial charge in [-0.05, 0) is 43.6 Å². The van der Waals surface area contributed by atoms with Gasteiger partial charge in [0.25, 0.3) is 5.91 Å². The van der Waals surface area contributed by atoms with E-state index in [9.17, 15) is 9.59 Å². The van der Waals surface area contributed by atoms with Crippen LogP contribution in [-0.4, -0.2) is 23.5 Å². The number of anilines is 1. The van der Waals surface area contributed by atoms with Gasteiger partial charge in [-0.1, -0.05) is 38.3 Å². The summed E-state index contributed by atoms with van der Waals surface area (Å²) < 4.78 is 0. The zero-order valence-electron chi connectivity index (χ0n) is 14.1. The second-order valence-electron chi connectivity index (χ2n) is 6.08. The van der Waals surface area contributed by atoms with Crippen LogP contribution in [0.15, 0.2) is 24.3 Å². The number of hydrogen-bond donors (Lipinski definition) is 3. The van der Waals surface area contributed by atoms with Gasteiger partial charge in [-0.2, -0.15) is 0 Å². The predicted octanol–water partition coefficient (Wildman–Crippen LogP) is 3.22. The number of rotatable bonds is 5. The van der Waals surface area contributed by atoms with E-state index in [0.717, 1.165) is 32.1 Å². The van der Waals surface area contributed by atoms with E-state index in [0.29, 0.717) is 17.8 Å². The normalized spacial score (nSPS) is 14.7. The Morgan fingerprint density at radius 2 is 1.88 bits per heavy atom. The molecule has 1 aromatic carbocycles. The Labute approximate surface area is 148 Å². The second kappa shape index (κ2) is 9.37. The molecule has 24 heavy (non-hydrogen) atoms. The number of nitrogens with one attached hydrogen (secondary N) is 3. The quantitative estimate of drug-likeness (QED) is 0.715. The summed E-state index contributed by atoms with van der Waals surface area (Å²) in [6, 6.07) is 7.14. The fourth-order valence-corrected chi connectivity index (χ4v) is 3.07. The SMILES string of the molecule is CCCNC(=O)c1ccccc1NC(=S)NC(=O)C1CCCCC1. The van der Waals surface area contributed by atoms with E-state index < -0.39 is 0 Å². The molecule has 1 aromatic rings. The van der Waals surface area contributed by atoms with Gasteiger partial charge in [0.1, 0.15) is 0 Å². The zero-order valence-corrected chi connectivity index (χ0v) is 14.9. The molecule has 2 rings (SSSR count). The molecule has 0 radical (unpaired) electrons. The Balaban J connectivity index is 1.96. The third-order valence-corrected chi connectivity index (χ3v) is 4.37. The van der Waals surface area contributed by atoms with Crippen molar-refractivity contribution in [2.24, 2.45) is 5.92 Å². The highest BCUT2D eigenvalue weighted by Gasteiger charge is 2.22. The molecule has 6 heteroatoms. The van der Waals surface area contributed by atoms with Crippen molar-refractivity contribution in [3.05, 3.63) is 29.8 Å². The Morgan fingerprint density at radius 3 is 2.58 bits per heavy atom. The molecular weight excluding hydrogens is 322 g/mol. The molecule has 1 fully saturated rings. The van der Waals surface area contributed by atoms with Gasteiger partial charge in [0, 0.05) is 12.5 Å². The Bertz CT molecular complexity index is 598. The lowest BCUT2D eigenvalue weighted by Gasteiger charge is -2.21. The van der Waals surface area contributed by atoms with E-state index >= 15 is 0 Å². The van der Waals surface area contributed by atoms with E-state index in [2.05, 4.69) is 16.0 Å². The van der Waals surface area contributed by atoms with Crippen LogP contribution < -0.4 is 16.0 Å². The first-order chi connectivity index (χ1) is 11.6. The van der Waals surface area contributed by atoms with Crippen LogP contribution in [0.3, 0.4) is 0 Å². The van der Waals surface area contributed by atoms with E-state index in [1.54, 1.807) is 18.2 Å². The Morgan fingerprint density at radius 1 is 1.17 bits per heavy atom. The van der Waals surface area contributed by atoms with E-state index in [1.165, 1.54) is 6.42 Å². The van der Waals surface area contributed by atoms with Crippen LogP contribution in [0, 0.1) is 5.92 Å². The number of thiocarbonyl (C=S) groups is 1. The summed E-state index contributed by atoms with van der Waals surface area (Å²) in [7, 11) is 0. The molecule has 0 unspecified atom stereocenters. The van der Waals surface area contributed by atoms with Crippen molar-refractivity contribution in [3.63, 3.8) is 0 Å². The maximum Gasteiger partial charge on any atom is 0.253 e. The van der Waals surface area contributed by atoms with Crippen molar-refractivity contribution in [2.75, 3.05) is 11.9 Å². The number of carbonyl (C=O) groups is 2. The van der Waals surface area contributed by atoms with Crippen LogP contribution in [0.25, 0.3) is 0 Å². The van der Waals surface area contributed by atoms with Crippen LogP contribution in [-0.2, 0) is 4.79 Å². The highest BCUT2D eigenvalue weighted by molar-refractivity contribution is 7.80. The molecule has 1 saturated carbocycles. The van der Waals surface area contributed by atoms with Crippen molar-refractivity contribution < 1.29 is 9.59 Å². The first kappa shape index (κ1) is 18.4. The summed E-state index contributed by atoms with van der Waals surface area (Å²) in [4.78, 5) is 24.4. The molecule has 3 N–H and O–H groups in total. The molecule has 0 aliphatic heterocycles. The predicted molar refractivity (Wildman–Crippen MR) is 100 cm³/mol. The lowest BCUT2D eigenvalue weighted by molar-refractivity contribution is -0.124. The van der Waals surface area contributed by atoms with Gasteiger partial charge in [-0.25, -0.2) is 0 Å². The average molecular weight is 347 g/mol. The molecule has 5 nitrogen and oxygen atoms in total. The molecule has 0 spiro atoms. The molecule has 0 bridgehead atoms. The van der Waals surface area contributed by atoms with Crippen LogP contribution in [0.5, 0.6) is 0 Å². The number of benzene rings is 1. The van der Waals surface area contributed by atoms with Crippen molar-refractivity contribution in [3.8, 4) is 0 Å². The maximum atomic E-state index is 12.2. The largest absolute Gasteiger partial charge is 0.352 e. The zero-order chi connectivity index (χ0) is 17.4. The van der Waals surface area contributed by atoms with Gasteiger partial charge in [-0.3, -0.25) is 9.59 Å². The van der Waals surface area contributed by atoms with Crippen LogP contribution >= 0.6 is 12.2 Å². The van der Waals surface area contributed by atoms with E-state index in [1.807, 2.05) is 13.0 Å². The number of amides is 2. The van der Waals surface area contributed by atoms with Gasteiger partial charge >= 0.3 is 0 Å². The van der Waals surface area contributed by atoms with Crippen LogP contribution in [0.4, 0.5) is 5.69 Å². The Hall–Kier alpha value is -1.95. The summed E-state index contributed by atoms with van der Waals surface area (Å²) in [6.45, 7) is 2.62. The first-order valence-corrected chi connectivity index (χ1v) is 9.01. The van der Waals surface area contributed by atoms with Gasteiger partial charge < -0.3 is 16.0 Å². The van der Waals surface area contributed by atoms with Crippen molar-refractivity contribution in [1.29, 1.82) is 0 Å². The monoisotopic (exact) mass is 347 g/mol. The Kier molecular flexibility index (Phi) is 7.18. The summed E-state index contributed by atoms with van der Waals surface area (Å²) in [5.41, 5.74) is 1.11. The fraction of sp³-hybridized carbons (Fsp3) is 0.500. The summed E-state index contributed by atoms with van der Waals surface area (Å²) in [5.74, 6) is -0.136. The standard InChI is InChI=1S/C18H25N3O2S/c1-2-12-19-17(23)14-10-6-7-11-15(14)20-18(24)21-16(22)13-8-4-3-5-9-13/h6-7,10-11,13H,2-5,8-9,12H2,1H3,(H,19,23)(H2,20,21,22,24). The lowest BCUT2D eigenvalue weighted by atomic mass is 9.89. The van der Waals surface area contributed by atoms with Gasteiger partial charge in [0.2, 0.25) is 5.91 Å². The number of para-hydroxylation sites is 1. The molecule has 1 aliphatic rings. The van der Waals surface area contributed by atoms with Crippen LogP contribution in [0.1, 0.15) is 55.8 Å². The molecular formula is C18H25N3O2S. The minimum atomic E-state index is -0.152. The van der Waals surface area contributed by atoms with Gasteiger partial charge in [0.05, 0.1) is 11.3 Å². The highest BCUT2D eigenvalue weighted by atomic mass is 32.1. The first-order valence-electron chi connectivity index (χ1n) is 8.61. The van der Waals surface area contributed by atoms with Crippen molar-refractivity contribution >= 4 is 34.8 Å². The molecule has 0 heterocycles. The van der Waals surface area contributed by atoms with Crippen LogP contribution in [0.2, 0.25) is 0 Å². The summed E-state index contributed by atoms with van der Waals surface area (Å²) in [5, 5.41) is 8.82. The second-order valence-corrected chi connectivity index (χ2v) is 6.49. The third-order valence-electron chi connectivity index (χ3n) is 4.17. The number of carbonyl (C=O) groups excluding carboxylic acids is 2. The topological polar surface area (TPSA) is 70.2 Å². The molecule has 0 aromatic heterocycles. The summed E-state index contributed by atoms with van der Waals surface area (Å²) in [6.07, 6.45) is 6.11. The fourth-order valence-electron chi connectivity index (χ4n) is 2.86. The van der Waals surface area contributed by atoms with E-state index in [-0.39, 0.29) is 22.8 Å². The van der Waals surface area contributed by atoms with Gasteiger partial charge in [0.15, 0.2) is 5.11 Å². The van der Waals surface area contributed by atoms with Crippen molar-refractivity contribution in [1.82, 2.24) is 10.6 Å². The molecule has 0 atom stereocenters. The maximum absolute atomic E-state index is 12.2. The molecule has 130 valence electrons. The van der Waals surface area contributed by atoms with Gasteiger partial charge in [-0.15, -0.1) is 0 Å². The smallest absolute Gasteiger partial charge is 0.253 e. The molecule has 2 amide bonds. The average Bonchev–Trinajstić information content (AvgIpc) is 2.60. The highest BCUT2D eigenvalue weighted by Crippen LogP contribution is 2.23. The minimum absolute atomic E-state index is 0.0277. The third kappa shape index (κ3) is 5.30. The number of hydrogen-bond acceptors (Lipinski definition) is 3. The molecule has 0 saturated heterocycles. The van der Waals surface area contributed by atoms with Crippen molar-refractivity contribution in [2.45, 2.75) is 45.4 Å². The van der Waals surface area contributed by atoms with E-state index in [4.69, 9.17) is 12.2 Å². The lowest BCUT2D eigenvalue weighted by Crippen LogP contribution is -2.39. The molecule has 1 aliphatic carbocycles. The summed E-state index contributed by atoms with van der Waals surface area (Å²) >= 11 is 5.24.